The third kappa shape index (κ3) is 4.85. The van der Waals surface area contributed by atoms with Gasteiger partial charge in [-0.3, -0.25) is 0 Å². The fourth-order valence-corrected chi connectivity index (χ4v) is 6.26. The molecule has 0 aliphatic rings. The van der Waals surface area contributed by atoms with Crippen LogP contribution in [-0.4, -0.2) is 27.1 Å². The number of para-hydroxylation sites is 1. The standard InChI is InChI=1S/C24H23FN2O4S2/c1-17(26-32(2,28)29)19-13-11-18(12-14-19)15-21-16-20-7-3-5-9-23(20)27(21)33(30,31)24-10-6-4-8-22(24)25/h3-14,16-17,26H,15H2,1-2H3/t17-/m0/s1. The molecule has 0 aliphatic carbocycles. The highest BCUT2D eigenvalue weighted by atomic mass is 32.2. The molecule has 0 unspecified atom stereocenters. The average molecular weight is 487 g/mol. The number of fused-ring (bicyclic) bond motifs is 1. The van der Waals surface area contributed by atoms with Gasteiger partial charge in [0.05, 0.1) is 11.8 Å². The van der Waals surface area contributed by atoms with Gasteiger partial charge in [0, 0.05) is 23.5 Å². The molecule has 33 heavy (non-hydrogen) atoms. The zero-order valence-electron chi connectivity index (χ0n) is 18.1. The topological polar surface area (TPSA) is 85.2 Å². The molecule has 0 saturated carbocycles. The Bertz CT molecular complexity index is 1530. The molecule has 1 heterocycles. The van der Waals surface area contributed by atoms with Gasteiger partial charge in [-0.25, -0.2) is 29.9 Å². The van der Waals surface area contributed by atoms with Crippen molar-refractivity contribution in [2.24, 2.45) is 0 Å². The summed E-state index contributed by atoms with van der Waals surface area (Å²) in [7, 11) is -7.53. The molecule has 1 aromatic heterocycles. The Labute approximate surface area is 192 Å². The second-order valence-electron chi connectivity index (χ2n) is 7.92. The smallest absolute Gasteiger partial charge is 0.238 e. The number of aromatic nitrogens is 1. The summed E-state index contributed by atoms with van der Waals surface area (Å²) in [5.74, 6) is -0.807. The van der Waals surface area contributed by atoms with E-state index in [1.165, 1.54) is 22.2 Å². The molecular weight excluding hydrogens is 463 g/mol. The molecule has 0 radical (unpaired) electrons. The number of hydrogen-bond acceptors (Lipinski definition) is 4. The van der Waals surface area contributed by atoms with E-state index >= 15 is 0 Å². The van der Waals surface area contributed by atoms with Crippen molar-refractivity contribution in [3.05, 3.63) is 102 Å². The maximum absolute atomic E-state index is 14.4. The van der Waals surface area contributed by atoms with Gasteiger partial charge in [-0.2, -0.15) is 0 Å². The first kappa shape index (κ1) is 23.2. The van der Waals surface area contributed by atoms with E-state index < -0.39 is 31.9 Å². The fraction of sp³-hybridized carbons (Fsp3) is 0.167. The molecule has 1 N–H and O–H groups in total. The van der Waals surface area contributed by atoms with Gasteiger partial charge in [0.2, 0.25) is 10.0 Å². The molecule has 0 aliphatic heterocycles. The second-order valence-corrected chi connectivity index (χ2v) is 11.5. The summed E-state index contributed by atoms with van der Waals surface area (Å²) in [4.78, 5) is -0.386. The van der Waals surface area contributed by atoms with Crippen LogP contribution >= 0.6 is 0 Å². The molecule has 0 spiro atoms. The summed E-state index contributed by atoms with van der Waals surface area (Å²) >= 11 is 0. The van der Waals surface area contributed by atoms with E-state index in [0.717, 1.165) is 28.8 Å². The SMILES string of the molecule is C[C@H](NS(C)(=O)=O)c1ccc(Cc2cc3ccccc3n2S(=O)(=O)c2ccccc2F)cc1. The first-order valence-electron chi connectivity index (χ1n) is 10.2. The van der Waals surface area contributed by atoms with E-state index in [-0.39, 0.29) is 11.3 Å². The van der Waals surface area contributed by atoms with Crippen LogP contribution in [0, 0.1) is 5.82 Å². The summed E-state index contributed by atoms with van der Waals surface area (Å²) in [6.07, 6.45) is 1.39. The Morgan fingerprint density at radius 1 is 0.909 bits per heavy atom. The van der Waals surface area contributed by atoms with E-state index in [4.69, 9.17) is 0 Å². The summed E-state index contributed by atoms with van der Waals surface area (Å²) < 4.78 is 68.1. The number of nitrogens with one attached hydrogen (secondary N) is 1. The van der Waals surface area contributed by atoms with Gasteiger partial charge in [0.1, 0.15) is 10.7 Å². The zero-order valence-corrected chi connectivity index (χ0v) is 19.7. The number of nitrogens with zero attached hydrogens (tertiary/aromatic N) is 1. The van der Waals surface area contributed by atoms with E-state index in [2.05, 4.69) is 4.72 Å². The van der Waals surface area contributed by atoms with Gasteiger partial charge in [-0.05, 0) is 42.3 Å². The minimum Gasteiger partial charge on any atom is -0.238 e. The number of benzene rings is 3. The summed E-state index contributed by atoms with van der Waals surface area (Å²) in [6.45, 7) is 1.74. The molecule has 0 fully saturated rings. The Morgan fingerprint density at radius 2 is 1.55 bits per heavy atom. The lowest BCUT2D eigenvalue weighted by Gasteiger charge is -2.14. The monoisotopic (exact) mass is 486 g/mol. The quantitative estimate of drug-likeness (QED) is 0.424. The normalized spacial score (nSPS) is 13.3. The minimum absolute atomic E-state index is 0.288. The first-order chi connectivity index (χ1) is 15.6. The number of rotatable bonds is 7. The number of hydrogen-bond donors (Lipinski definition) is 1. The Hall–Kier alpha value is -3.01. The molecule has 4 rings (SSSR count). The third-order valence-electron chi connectivity index (χ3n) is 5.35. The van der Waals surface area contributed by atoms with Crippen molar-refractivity contribution < 1.29 is 21.2 Å². The molecule has 172 valence electrons. The van der Waals surface area contributed by atoms with Crippen LogP contribution in [0.2, 0.25) is 0 Å². The van der Waals surface area contributed by atoms with Crippen molar-refractivity contribution >= 4 is 30.9 Å². The third-order valence-corrected chi connectivity index (χ3v) is 7.93. The van der Waals surface area contributed by atoms with E-state index in [9.17, 15) is 21.2 Å². The predicted octanol–water partition coefficient (Wildman–Crippen LogP) is 4.22. The Kier molecular flexibility index (Phi) is 6.13. The highest BCUT2D eigenvalue weighted by molar-refractivity contribution is 7.90. The molecule has 6 nitrogen and oxygen atoms in total. The van der Waals surface area contributed by atoms with Gasteiger partial charge < -0.3 is 0 Å². The lowest BCUT2D eigenvalue weighted by molar-refractivity contribution is 0.561. The molecule has 4 aromatic rings. The minimum atomic E-state index is -4.18. The van der Waals surface area contributed by atoms with Crippen LogP contribution in [0.3, 0.4) is 0 Å². The van der Waals surface area contributed by atoms with Gasteiger partial charge in [0.15, 0.2) is 0 Å². The van der Waals surface area contributed by atoms with Gasteiger partial charge in [-0.1, -0.05) is 54.6 Å². The molecule has 0 saturated heterocycles. The van der Waals surface area contributed by atoms with Gasteiger partial charge >= 0.3 is 0 Å². The van der Waals surface area contributed by atoms with Crippen LogP contribution in [0.1, 0.15) is 29.8 Å². The summed E-state index contributed by atoms with van der Waals surface area (Å²) in [6, 6.07) is 21.0. The zero-order chi connectivity index (χ0) is 23.8. The summed E-state index contributed by atoms with van der Waals surface area (Å²) in [5.41, 5.74) is 2.58. The van der Waals surface area contributed by atoms with Crippen LogP contribution in [-0.2, 0) is 26.5 Å². The molecule has 0 amide bonds. The summed E-state index contributed by atoms with van der Waals surface area (Å²) in [5, 5.41) is 0.731. The van der Waals surface area contributed by atoms with Crippen LogP contribution in [0.25, 0.3) is 10.9 Å². The van der Waals surface area contributed by atoms with Crippen LogP contribution in [0.4, 0.5) is 4.39 Å². The highest BCUT2D eigenvalue weighted by Gasteiger charge is 2.25. The molecule has 9 heteroatoms. The second kappa shape index (κ2) is 8.74. The molecular formula is C24H23FN2O4S2. The maximum Gasteiger partial charge on any atom is 0.271 e. The van der Waals surface area contributed by atoms with E-state index in [1.807, 2.05) is 24.3 Å². The van der Waals surface area contributed by atoms with Crippen LogP contribution < -0.4 is 4.72 Å². The largest absolute Gasteiger partial charge is 0.271 e. The molecule has 3 aromatic carbocycles. The van der Waals surface area contributed by atoms with Crippen molar-refractivity contribution in [2.75, 3.05) is 6.26 Å². The fourth-order valence-electron chi connectivity index (χ4n) is 3.87. The molecule has 0 bridgehead atoms. The van der Waals surface area contributed by atoms with Crippen molar-refractivity contribution in [3.8, 4) is 0 Å². The predicted molar refractivity (Wildman–Crippen MR) is 127 cm³/mol. The van der Waals surface area contributed by atoms with E-state index in [1.54, 1.807) is 37.3 Å². The van der Waals surface area contributed by atoms with Crippen molar-refractivity contribution in [2.45, 2.75) is 24.3 Å². The highest BCUT2D eigenvalue weighted by Crippen LogP contribution is 2.28. The van der Waals surface area contributed by atoms with Crippen molar-refractivity contribution in [3.63, 3.8) is 0 Å². The molecule has 1 atom stereocenters. The Balaban J connectivity index is 1.75. The number of sulfonamides is 1. The van der Waals surface area contributed by atoms with Gasteiger partial charge in [0.25, 0.3) is 10.0 Å². The van der Waals surface area contributed by atoms with Crippen molar-refractivity contribution in [1.82, 2.24) is 8.69 Å². The van der Waals surface area contributed by atoms with Crippen molar-refractivity contribution in [1.29, 1.82) is 0 Å². The van der Waals surface area contributed by atoms with E-state index in [0.29, 0.717) is 11.2 Å². The van der Waals surface area contributed by atoms with Gasteiger partial charge in [-0.15, -0.1) is 0 Å². The van der Waals surface area contributed by atoms with Crippen LogP contribution in [0.5, 0.6) is 0 Å². The average Bonchev–Trinajstić information content (AvgIpc) is 3.11. The maximum atomic E-state index is 14.4. The lowest BCUT2D eigenvalue weighted by atomic mass is 10.0. The van der Waals surface area contributed by atoms with Crippen LogP contribution in [0.15, 0.2) is 83.8 Å². The number of halogens is 1. The lowest BCUT2D eigenvalue weighted by Crippen LogP contribution is -2.25. The first-order valence-corrected chi connectivity index (χ1v) is 13.5. The Morgan fingerprint density at radius 3 is 2.21 bits per heavy atom.